The van der Waals surface area contributed by atoms with Crippen molar-refractivity contribution in [3.8, 4) is 0 Å². The summed E-state index contributed by atoms with van der Waals surface area (Å²) in [5, 5.41) is 8.09. The molecule has 2 heterocycles. The van der Waals surface area contributed by atoms with E-state index in [1.54, 1.807) is 6.07 Å². The van der Waals surface area contributed by atoms with Gasteiger partial charge in [0.1, 0.15) is 5.70 Å². The number of fused-ring (bicyclic) bond motifs is 1. The maximum Gasteiger partial charge on any atom is 0.267 e. The van der Waals surface area contributed by atoms with Crippen molar-refractivity contribution >= 4 is 23.0 Å². The highest BCUT2D eigenvalue weighted by atomic mass is 32.1. The van der Waals surface area contributed by atoms with Crippen molar-refractivity contribution < 1.29 is 9.59 Å². The number of carbonyl (C=O) groups is 2. The van der Waals surface area contributed by atoms with Gasteiger partial charge in [0.15, 0.2) is 5.78 Å². The molecule has 0 aromatic carbocycles. The first-order valence-electron chi connectivity index (χ1n) is 6.61. The van der Waals surface area contributed by atoms with Crippen LogP contribution < -0.4 is 10.6 Å². The smallest absolute Gasteiger partial charge is 0.267 e. The summed E-state index contributed by atoms with van der Waals surface area (Å²) in [5.41, 5.74) is 0.404. The average Bonchev–Trinajstić information content (AvgIpc) is 2.93. The molecule has 2 atom stereocenters. The zero-order valence-electron chi connectivity index (χ0n) is 10.5. The van der Waals surface area contributed by atoms with Crippen LogP contribution in [0.1, 0.15) is 35.4 Å². The summed E-state index contributed by atoms with van der Waals surface area (Å²) in [4.78, 5) is 24.6. The normalized spacial score (nSPS) is 28.4. The third-order valence-corrected chi connectivity index (χ3v) is 4.59. The standard InChI is InChI=1S/C14H16N2O2S/c17-12(13-6-3-7-19-13)8-11-14(18)16-10-5-2-1-4-9(10)15-11/h3,6-10,15H,1-2,4-5H2,(H,16,18)/b11-8-/t9-,10+/m0/s1. The fraction of sp³-hybridized carbons (Fsp3) is 0.429. The van der Waals surface area contributed by atoms with Gasteiger partial charge in [0.25, 0.3) is 5.91 Å². The van der Waals surface area contributed by atoms with Crippen molar-refractivity contribution in [1.29, 1.82) is 0 Å². The summed E-state index contributed by atoms with van der Waals surface area (Å²) in [7, 11) is 0. The second-order valence-electron chi connectivity index (χ2n) is 5.01. The highest BCUT2D eigenvalue weighted by Crippen LogP contribution is 2.22. The molecule has 1 aromatic rings. The Labute approximate surface area is 115 Å². The molecule has 1 aromatic heterocycles. The Kier molecular flexibility index (Phi) is 3.38. The maximum absolute atomic E-state index is 12.0. The molecule has 0 unspecified atom stereocenters. The van der Waals surface area contributed by atoms with Crippen LogP contribution in [-0.2, 0) is 4.79 Å². The van der Waals surface area contributed by atoms with Gasteiger partial charge in [-0.3, -0.25) is 9.59 Å². The first-order chi connectivity index (χ1) is 9.24. The number of allylic oxidation sites excluding steroid dienone is 1. The first-order valence-corrected chi connectivity index (χ1v) is 7.49. The second-order valence-corrected chi connectivity index (χ2v) is 5.96. The third kappa shape index (κ3) is 2.56. The maximum atomic E-state index is 12.0. The molecule has 100 valence electrons. The van der Waals surface area contributed by atoms with E-state index < -0.39 is 0 Å². The molecule has 0 spiro atoms. The fourth-order valence-corrected chi connectivity index (χ4v) is 3.35. The van der Waals surface area contributed by atoms with E-state index in [1.165, 1.54) is 23.8 Å². The first kappa shape index (κ1) is 12.4. The predicted octanol–water partition coefficient (Wildman–Crippen LogP) is 1.85. The zero-order chi connectivity index (χ0) is 13.2. The molecule has 5 heteroatoms. The Balaban J connectivity index is 1.77. The Bertz CT molecular complexity index is 522. The number of nitrogens with one attached hydrogen (secondary N) is 2. The molecule has 0 bridgehead atoms. The SMILES string of the molecule is O=C1N[C@@H]2CCCC[C@@H]2N/C1=C\C(=O)c1cccs1. The molecule has 1 saturated heterocycles. The number of hydrogen-bond acceptors (Lipinski definition) is 4. The van der Waals surface area contributed by atoms with Gasteiger partial charge in [0.05, 0.1) is 4.88 Å². The molecule has 1 amide bonds. The van der Waals surface area contributed by atoms with Crippen molar-refractivity contribution in [1.82, 2.24) is 10.6 Å². The van der Waals surface area contributed by atoms with E-state index in [1.807, 2.05) is 11.4 Å². The van der Waals surface area contributed by atoms with Gasteiger partial charge in [-0.15, -0.1) is 11.3 Å². The molecule has 0 radical (unpaired) electrons. The fourth-order valence-electron chi connectivity index (χ4n) is 2.72. The summed E-state index contributed by atoms with van der Waals surface area (Å²) in [6.45, 7) is 0. The number of hydrogen-bond donors (Lipinski definition) is 2. The minimum Gasteiger partial charge on any atom is -0.376 e. The van der Waals surface area contributed by atoms with Gasteiger partial charge in [-0.25, -0.2) is 0 Å². The van der Waals surface area contributed by atoms with E-state index in [9.17, 15) is 9.59 Å². The molecular weight excluding hydrogens is 260 g/mol. The molecule has 4 nitrogen and oxygen atoms in total. The van der Waals surface area contributed by atoms with Crippen LogP contribution in [0, 0.1) is 0 Å². The van der Waals surface area contributed by atoms with E-state index >= 15 is 0 Å². The van der Waals surface area contributed by atoms with Gasteiger partial charge in [-0.2, -0.15) is 0 Å². The van der Waals surface area contributed by atoms with Crippen LogP contribution in [0.2, 0.25) is 0 Å². The van der Waals surface area contributed by atoms with E-state index in [2.05, 4.69) is 10.6 Å². The summed E-state index contributed by atoms with van der Waals surface area (Å²) < 4.78 is 0. The number of carbonyl (C=O) groups excluding carboxylic acids is 2. The van der Waals surface area contributed by atoms with E-state index in [4.69, 9.17) is 0 Å². The molecule has 2 fully saturated rings. The molecule has 1 aliphatic heterocycles. The quantitative estimate of drug-likeness (QED) is 0.640. The van der Waals surface area contributed by atoms with E-state index in [-0.39, 0.29) is 23.8 Å². The Hall–Kier alpha value is -1.62. The lowest BCUT2D eigenvalue weighted by Gasteiger charge is -2.38. The highest BCUT2D eigenvalue weighted by Gasteiger charge is 2.33. The summed E-state index contributed by atoms with van der Waals surface area (Å²) in [5.74, 6) is -0.269. The monoisotopic (exact) mass is 276 g/mol. The van der Waals surface area contributed by atoms with Crippen LogP contribution in [0.4, 0.5) is 0 Å². The zero-order valence-corrected chi connectivity index (χ0v) is 11.3. The minimum atomic E-state index is -0.159. The highest BCUT2D eigenvalue weighted by molar-refractivity contribution is 7.12. The summed E-state index contributed by atoms with van der Waals surface area (Å²) in [6.07, 6.45) is 5.84. The van der Waals surface area contributed by atoms with E-state index in [0.29, 0.717) is 10.6 Å². The number of thiophene rings is 1. The van der Waals surface area contributed by atoms with Gasteiger partial charge in [-0.1, -0.05) is 18.9 Å². The molecule has 2 aliphatic rings. The van der Waals surface area contributed by atoms with Gasteiger partial charge in [0, 0.05) is 18.2 Å². The average molecular weight is 276 g/mol. The second kappa shape index (κ2) is 5.17. The topological polar surface area (TPSA) is 58.2 Å². The molecule has 2 N–H and O–H groups in total. The van der Waals surface area contributed by atoms with Gasteiger partial charge in [-0.05, 0) is 24.3 Å². The van der Waals surface area contributed by atoms with Crippen LogP contribution in [0.15, 0.2) is 29.3 Å². The van der Waals surface area contributed by atoms with Crippen LogP contribution >= 0.6 is 11.3 Å². The van der Waals surface area contributed by atoms with Crippen molar-refractivity contribution in [2.24, 2.45) is 0 Å². The van der Waals surface area contributed by atoms with Crippen molar-refractivity contribution in [3.63, 3.8) is 0 Å². The lowest BCUT2D eigenvalue weighted by Crippen LogP contribution is -2.58. The van der Waals surface area contributed by atoms with Crippen LogP contribution in [0.25, 0.3) is 0 Å². The van der Waals surface area contributed by atoms with Gasteiger partial charge < -0.3 is 10.6 Å². The van der Waals surface area contributed by atoms with E-state index in [0.717, 1.165) is 19.3 Å². The van der Waals surface area contributed by atoms with Crippen molar-refractivity contribution in [3.05, 3.63) is 34.2 Å². The number of rotatable bonds is 2. The van der Waals surface area contributed by atoms with Crippen LogP contribution in [0.5, 0.6) is 0 Å². The largest absolute Gasteiger partial charge is 0.376 e. The van der Waals surface area contributed by atoms with Crippen LogP contribution in [0.3, 0.4) is 0 Å². The summed E-state index contributed by atoms with van der Waals surface area (Å²) in [6, 6.07) is 4.10. The Morgan fingerprint density at radius 2 is 2.00 bits per heavy atom. The molecule has 1 saturated carbocycles. The van der Waals surface area contributed by atoms with Gasteiger partial charge in [0.2, 0.25) is 0 Å². The number of amides is 1. The predicted molar refractivity (Wildman–Crippen MR) is 74.1 cm³/mol. The number of piperazine rings is 1. The third-order valence-electron chi connectivity index (χ3n) is 3.71. The molecular formula is C14H16N2O2S. The Morgan fingerprint density at radius 1 is 1.26 bits per heavy atom. The Morgan fingerprint density at radius 3 is 2.68 bits per heavy atom. The number of ketones is 1. The van der Waals surface area contributed by atoms with Crippen molar-refractivity contribution in [2.75, 3.05) is 0 Å². The lowest BCUT2D eigenvalue weighted by atomic mass is 9.88. The minimum absolute atomic E-state index is 0.109. The van der Waals surface area contributed by atoms with Gasteiger partial charge >= 0.3 is 0 Å². The molecule has 19 heavy (non-hydrogen) atoms. The van der Waals surface area contributed by atoms with Crippen molar-refractivity contribution in [2.45, 2.75) is 37.8 Å². The van der Waals surface area contributed by atoms with Crippen LogP contribution in [-0.4, -0.2) is 23.8 Å². The lowest BCUT2D eigenvalue weighted by molar-refractivity contribution is -0.120. The molecule has 3 rings (SSSR count). The molecule has 1 aliphatic carbocycles. The summed E-state index contributed by atoms with van der Waals surface area (Å²) >= 11 is 1.39.